The summed E-state index contributed by atoms with van der Waals surface area (Å²) in [5.74, 6) is 0. The van der Waals surface area contributed by atoms with Crippen molar-refractivity contribution in [1.29, 1.82) is 0 Å². The van der Waals surface area contributed by atoms with E-state index in [4.69, 9.17) is 11.6 Å². The molecule has 2 rings (SSSR count). The van der Waals surface area contributed by atoms with Gasteiger partial charge in [-0.1, -0.05) is 33.6 Å². The Balaban J connectivity index is 2.45. The van der Waals surface area contributed by atoms with E-state index in [1.165, 1.54) is 9.36 Å². The van der Waals surface area contributed by atoms with Gasteiger partial charge in [-0.3, -0.25) is 0 Å². The molecule has 1 heterocycles. The summed E-state index contributed by atoms with van der Waals surface area (Å²) in [6.45, 7) is 0.486. The van der Waals surface area contributed by atoms with Crippen LogP contribution in [0, 0.1) is 0 Å². The third-order valence-electron chi connectivity index (χ3n) is 1.99. The first-order valence-electron chi connectivity index (χ1n) is 4.57. The second-order valence-electron chi connectivity index (χ2n) is 3.07. The molecule has 0 saturated carbocycles. The minimum Gasteiger partial charge on any atom is -0.244 e. The predicted octanol–water partition coefficient (Wildman–Crippen LogP) is 1.48. The zero-order valence-electron chi connectivity index (χ0n) is 8.18. The fourth-order valence-corrected chi connectivity index (χ4v) is 1.78. The van der Waals surface area contributed by atoms with Crippen LogP contribution < -0.4 is 5.69 Å². The summed E-state index contributed by atoms with van der Waals surface area (Å²) in [6, 6.07) is 6.91. The van der Waals surface area contributed by atoms with E-state index in [-0.39, 0.29) is 5.69 Å². The molecule has 16 heavy (non-hydrogen) atoms. The minimum absolute atomic E-state index is 0.276. The molecule has 1 aromatic carbocycles. The number of nitrogens with zero attached hydrogens (tertiary/aromatic N) is 4. The number of aromatic nitrogens is 4. The van der Waals surface area contributed by atoms with Crippen molar-refractivity contribution in [1.82, 2.24) is 19.8 Å². The molecule has 84 valence electrons. The highest BCUT2D eigenvalue weighted by molar-refractivity contribution is 9.09. The highest BCUT2D eigenvalue weighted by Crippen LogP contribution is 2.11. The van der Waals surface area contributed by atoms with Crippen LogP contribution in [0.1, 0.15) is 0 Å². The van der Waals surface area contributed by atoms with E-state index in [2.05, 4.69) is 26.4 Å². The molecule has 0 unspecified atom stereocenters. The molecule has 5 nitrogen and oxygen atoms in total. The average molecular weight is 304 g/mol. The molecule has 0 aliphatic rings. The van der Waals surface area contributed by atoms with Crippen molar-refractivity contribution in [3.63, 3.8) is 0 Å². The third-order valence-corrected chi connectivity index (χ3v) is 2.58. The van der Waals surface area contributed by atoms with Gasteiger partial charge in [-0.15, -0.1) is 0 Å². The Morgan fingerprint density at radius 2 is 2.19 bits per heavy atom. The lowest BCUT2D eigenvalue weighted by Gasteiger charge is -1.97. The zero-order chi connectivity index (χ0) is 11.5. The van der Waals surface area contributed by atoms with E-state index in [0.29, 0.717) is 22.6 Å². The van der Waals surface area contributed by atoms with E-state index >= 15 is 0 Å². The standard InChI is InChI=1S/C9H8BrClN4O/c10-4-5-14-9(16)15(13-12-14)8-3-1-2-7(11)6-8/h1-3,6H,4-5H2. The first-order valence-corrected chi connectivity index (χ1v) is 6.07. The molecule has 0 aliphatic heterocycles. The Morgan fingerprint density at radius 1 is 1.38 bits per heavy atom. The van der Waals surface area contributed by atoms with Crippen molar-refractivity contribution < 1.29 is 0 Å². The summed E-state index contributed by atoms with van der Waals surface area (Å²) in [7, 11) is 0. The van der Waals surface area contributed by atoms with E-state index in [1.54, 1.807) is 24.3 Å². The van der Waals surface area contributed by atoms with E-state index in [1.807, 2.05) is 0 Å². The fraction of sp³-hybridized carbons (Fsp3) is 0.222. The molecule has 0 spiro atoms. The van der Waals surface area contributed by atoms with Crippen molar-refractivity contribution in [3.05, 3.63) is 39.8 Å². The van der Waals surface area contributed by atoms with Crippen molar-refractivity contribution in [3.8, 4) is 5.69 Å². The van der Waals surface area contributed by atoms with Gasteiger partial charge in [0.05, 0.1) is 12.2 Å². The van der Waals surface area contributed by atoms with Gasteiger partial charge in [0, 0.05) is 10.4 Å². The third kappa shape index (κ3) is 2.17. The highest BCUT2D eigenvalue weighted by atomic mass is 79.9. The number of benzene rings is 1. The van der Waals surface area contributed by atoms with Crippen LogP contribution >= 0.6 is 27.5 Å². The quantitative estimate of drug-likeness (QED) is 0.807. The molecule has 0 bridgehead atoms. The Kier molecular flexibility index (Phi) is 3.40. The SMILES string of the molecule is O=c1n(CCBr)nnn1-c1cccc(Cl)c1. The van der Waals surface area contributed by atoms with Crippen LogP contribution in [-0.2, 0) is 6.54 Å². The predicted molar refractivity (Wildman–Crippen MR) is 64.4 cm³/mol. The molecule has 0 N–H and O–H groups in total. The van der Waals surface area contributed by atoms with Crippen molar-refractivity contribution in [2.75, 3.05) is 5.33 Å². The molecule has 0 saturated heterocycles. The van der Waals surface area contributed by atoms with Gasteiger partial charge in [0.25, 0.3) is 0 Å². The first kappa shape index (κ1) is 11.3. The monoisotopic (exact) mass is 302 g/mol. The van der Waals surface area contributed by atoms with Crippen LogP contribution in [0.5, 0.6) is 0 Å². The van der Waals surface area contributed by atoms with E-state index in [9.17, 15) is 4.79 Å². The normalized spacial score (nSPS) is 10.6. The van der Waals surface area contributed by atoms with Gasteiger partial charge in [0.15, 0.2) is 0 Å². The molecule has 2 aromatic rings. The largest absolute Gasteiger partial charge is 0.368 e. The summed E-state index contributed by atoms with van der Waals surface area (Å²) in [5.41, 5.74) is 0.333. The minimum atomic E-state index is -0.276. The van der Waals surface area contributed by atoms with Crippen LogP contribution in [0.15, 0.2) is 29.1 Å². The van der Waals surface area contributed by atoms with Crippen molar-refractivity contribution in [2.24, 2.45) is 0 Å². The van der Waals surface area contributed by atoms with Gasteiger partial charge in [0.1, 0.15) is 0 Å². The summed E-state index contributed by atoms with van der Waals surface area (Å²) >= 11 is 9.08. The van der Waals surface area contributed by atoms with E-state index in [0.717, 1.165) is 0 Å². The lowest BCUT2D eigenvalue weighted by molar-refractivity contribution is 0.617. The van der Waals surface area contributed by atoms with Crippen LogP contribution in [0.2, 0.25) is 5.02 Å². The molecule has 1 aromatic heterocycles. The Bertz CT molecular complexity index is 550. The topological polar surface area (TPSA) is 52.7 Å². The number of rotatable bonds is 3. The molecule has 0 aliphatic carbocycles. The Labute approximate surface area is 105 Å². The number of hydrogen-bond acceptors (Lipinski definition) is 3. The number of halogens is 2. The number of aryl methyl sites for hydroxylation is 1. The van der Waals surface area contributed by atoms with Gasteiger partial charge in [-0.05, 0) is 28.6 Å². The van der Waals surface area contributed by atoms with Crippen molar-refractivity contribution in [2.45, 2.75) is 6.54 Å². The van der Waals surface area contributed by atoms with Gasteiger partial charge in [-0.25, -0.2) is 4.79 Å². The van der Waals surface area contributed by atoms with E-state index < -0.39 is 0 Å². The van der Waals surface area contributed by atoms with Gasteiger partial charge in [-0.2, -0.15) is 9.36 Å². The second-order valence-corrected chi connectivity index (χ2v) is 4.29. The smallest absolute Gasteiger partial charge is 0.244 e. The zero-order valence-corrected chi connectivity index (χ0v) is 10.5. The average Bonchev–Trinajstić information content (AvgIpc) is 2.61. The number of alkyl halides is 1. The molecular weight excluding hydrogens is 295 g/mol. The van der Waals surface area contributed by atoms with Crippen molar-refractivity contribution >= 4 is 27.5 Å². The number of tetrazole rings is 1. The fourth-order valence-electron chi connectivity index (χ4n) is 1.26. The highest BCUT2D eigenvalue weighted by Gasteiger charge is 2.07. The van der Waals surface area contributed by atoms with Crippen LogP contribution in [0.4, 0.5) is 0 Å². The summed E-state index contributed by atoms with van der Waals surface area (Å²) in [6.07, 6.45) is 0. The second kappa shape index (κ2) is 4.80. The molecular formula is C9H8BrClN4O. The maximum atomic E-state index is 11.8. The lowest BCUT2D eigenvalue weighted by Crippen LogP contribution is -2.24. The molecule has 7 heteroatoms. The maximum Gasteiger partial charge on any atom is 0.368 e. The van der Waals surface area contributed by atoms with Gasteiger partial charge < -0.3 is 0 Å². The van der Waals surface area contributed by atoms with Gasteiger partial charge >= 0.3 is 5.69 Å². The van der Waals surface area contributed by atoms with Crippen LogP contribution in [-0.4, -0.2) is 25.1 Å². The first-order chi connectivity index (χ1) is 7.72. The maximum absolute atomic E-state index is 11.8. The lowest BCUT2D eigenvalue weighted by atomic mass is 10.3. The van der Waals surface area contributed by atoms with Crippen LogP contribution in [0.3, 0.4) is 0 Å². The molecule has 0 fully saturated rings. The Hall–Kier alpha value is -1.14. The molecule has 0 atom stereocenters. The number of hydrogen-bond donors (Lipinski definition) is 0. The van der Waals surface area contributed by atoms with Gasteiger partial charge in [0.2, 0.25) is 0 Å². The summed E-state index contributed by atoms with van der Waals surface area (Å²) < 4.78 is 2.50. The Morgan fingerprint density at radius 3 is 2.88 bits per heavy atom. The van der Waals surface area contributed by atoms with Crippen LogP contribution in [0.25, 0.3) is 5.69 Å². The summed E-state index contributed by atoms with van der Waals surface area (Å²) in [5, 5.41) is 8.75. The summed E-state index contributed by atoms with van der Waals surface area (Å²) in [4.78, 5) is 11.8. The molecule has 0 amide bonds. The molecule has 0 radical (unpaired) electrons.